The number of hydrogen-bond donors (Lipinski definition) is 1. The molecule has 0 bridgehead atoms. The molecule has 0 unspecified atom stereocenters. The highest BCUT2D eigenvalue weighted by Crippen LogP contribution is 2.32. The number of carbonyl (C=O) groups excluding carboxylic acids is 1. The molecule has 1 aliphatic carbocycles. The van der Waals surface area contributed by atoms with Gasteiger partial charge < -0.3 is 4.74 Å². The fourth-order valence-corrected chi connectivity index (χ4v) is 2.25. The Balaban J connectivity index is 2.09. The van der Waals surface area contributed by atoms with E-state index in [-0.39, 0.29) is 0 Å². The Morgan fingerprint density at radius 3 is 2.76 bits per heavy atom. The summed E-state index contributed by atoms with van der Waals surface area (Å²) in [4.78, 5) is 12.7. The summed E-state index contributed by atoms with van der Waals surface area (Å²) in [6, 6.07) is 7.90. The Hall–Kier alpha value is -1.55. The molecule has 0 aromatic rings. The smallest absolute Gasteiger partial charge is 0.412 e. The Morgan fingerprint density at radius 1 is 1.35 bits per heavy atom. The molecule has 0 radical (unpaired) electrons. The second kappa shape index (κ2) is 4.37. The molecule has 17 heavy (non-hydrogen) atoms. The molecule has 2 rings (SSSR count). The van der Waals surface area contributed by atoms with Gasteiger partial charge in [0.2, 0.25) is 0 Å². The summed E-state index contributed by atoms with van der Waals surface area (Å²) in [6.07, 6.45) is -0.419. The first kappa shape index (κ1) is 11.9. The van der Waals surface area contributed by atoms with Crippen molar-refractivity contribution in [1.82, 2.24) is 0 Å². The van der Waals surface area contributed by atoms with Gasteiger partial charge in [-0.3, -0.25) is 5.32 Å². The molecule has 90 valence electrons. The van der Waals surface area contributed by atoms with Crippen LogP contribution in [0.25, 0.3) is 10.4 Å². The standard InChI is InChI=1S/C13H15NO2S/c1-13(2,3)16-12(15)14-10-7-9-5-4-6-17-11(9)8-10/h4-8H,1-3H3,(H,14,15). The Labute approximate surface area is 105 Å². The Morgan fingerprint density at radius 2 is 2.12 bits per heavy atom. The lowest BCUT2D eigenvalue weighted by atomic mass is 10.2. The molecule has 0 aromatic heterocycles. The zero-order chi connectivity index (χ0) is 12.5. The first-order valence-corrected chi connectivity index (χ1v) is 6.29. The SMILES string of the molecule is CC(C)(C)OC(=O)Nc1cc2cccsc-2c1. The van der Waals surface area contributed by atoms with Crippen molar-refractivity contribution in [2.24, 2.45) is 0 Å². The van der Waals surface area contributed by atoms with Crippen molar-refractivity contribution in [2.75, 3.05) is 5.32 Å². The van der Waals surface area contributed by atoms with Gasteiger partial charge in [-0.05, 0) is 43.8 Å². The van der Waals surface area contributed by atoms with E-state index in [4.69, 9.17) is 4.74 Å². The zero-order valence-corrected chi connectivity index (χ0v) is 10.9. The number of carbonyl (C=O) groups is 1. The molecular weight excluding hydrogens is 234 g/mol. The molecular formula is C13H15NO2S. The number of rotatable bonds is 1. The summed E-state index contributed by atoms with van der Waals surface area (Å²) >= 11 is 1.65. The number of ether oxygens (including phenoxy) is 1. The number of nitrogens with one attached hydrogen (secondary N) is 1. The minimum Gasteiger partial charge on any atom is -0.444 e. The summed E-state index contributed by atoms with van der Waals surface area (Å²) in [7, 11) is 0. The average Bonchev–Trinajstić information content (AvgIpc) is 2.55. The molecule has 0 saturated heterocycles. The van der Waals surface area contributed by atoms with E-state index < -0.39 is 11.7 Å². The number of anilines is 1. The molecule has 1 heterocycles. The topological polar surface area (TPSA) is 38.3 Å². The maximum atomic E-state index is 11.6. The zero-order valence-electron chi connectivity index (χ0n) is 10.1. The van der Waals surface area contributed by atoms with Crippen LogP contribution in [0.5, 0.6) is 0 Å². The van der Waals surface area contributed by atoms with E-state index in [9.17, 15) is 4.79 Å². The number of fused-ring (bicyclic) bond motifs is 1. The normalized spacial score (nSPS) is 11.5. The van der Waals surface area contributed by atoms with Crippen molar-refractivity contribution < 1.29 is 9.53 Å². The van der Waals surface area contributed by atoms with Crippen molar-refractivity contribution in [2.45, 2.75) is 26.4 Å². The first-order chi connectivity index (χ1) is 7.94. The first-order valence-electron chi connectivity index (χ1n) is 5.41. The largest absolute Gasteiger partial charge is 0.444 e. The molecule has 1 amide bonds. The van der Waals surface area contributed by atoms with Crippen LogP contribution in [0.15, 0.2) is 29.6 Å². The van der Waals surface area contributed by atoms with E-state index in [2.05, 4.69) is 5.32 Å². The van der Waals surface area contributed by atoms with Gasteiger partial charge in [-0.25, -0.2) is 4.79 Å². The Bertz CT molecular complexity index is 469. The van der Waals surface area contributed by atoms with Crippen LogP contribution in [-0.4, -0.2) is 11.7 Å². The maximum Gasteiger partial charge on any atom is 0.412 e. The summed E-state index contributed by atoms with van der Waals surface area (Å²) in [5.74, 6) is 0. The van der Waals surface area contributed by atoms with Crippen molar-refractivity contribution in [3.05, 3.63) is 29.6 Å². The minimum absolute atomic E-state index is 0.419. The van der Waals surface area contributed by atoms with Crippen LogP contribution in [0.3, 0.4) is 0 Å². The lowest BCUT2D eigenvalue weighted by Gasteiger charge is -2.19. The molecule has 0 atom stereocenters. The van der Waals surface area contributed by atoms with Crippen molar-refractivity contribution >= 4 is 23.1 Å². The average molecular weight is 249 g/mol. The van der Waals surface area contributed by atoms with E-state index >= 15 is 0 Å². The van der Waals surface area contributed by atoms with Gasteiger partial charge in [-0.1, -0.05) is 12.1 Å². The predicted molar refractivity (Wildman–Crippen MR) is 70.8 cm³/mol. The van der Waals surface area contributed by atoms with Gasteiger partial charge in [-0.2, -0.15) is 0 Å². The van der Waals surface area contributed by atoms with E-state index in [1.807, 2.05) is 50.4 Å². The van der Waals surface area contributed by atoms with Crippen molar-refractivity contribution in [3.8, 4) is 10.4 Å². The number of amides is 1. The van der Waals surface area contributed by atoms with Gasteiger partial charge in [-0.15, -0.1) is 11.3 Å². The van der Waals surface area contributed by atoms with Crippen LogP contribution in [0.2, 0.25) is 0 Å². The van der Waals surface area contributed by atoms with Crippen LogP contribution in [0.1, 0.15) is 20.8 Å². The molecule has 1 aliphatic heterocycles. The monoisotopic (exact) mass is 249 g/mol. The van der Waals surface area contributed by atoms with Gasteiger partial charge in [0.1, 0.15) is 5.60 Å². The van der Waals surface area contributed by atoms with E-state index in [0.717, 1.165) is 16.1 Å². The van der Waals surface area contributed by atoms with E-state index in [1.165, 1.54) is 0 Å². The van der Waals surface area contributed by atoms with Crippen LogP contribution >= 0.6 is 11.3 Å². The van der Waals surface area contributed by atoms with Gasteiger partial charge in [0.25, 0.3) is 0 Å². The number of hydrogen-bond acceptors (Lipinski definition) is 3. The summed E-state index contributed by atoms with van der Waals surface area (Å²) in [5, 5.41) is 4.75. The predicted octanol–water partition coefficient (Wildman–Crippen LogP) is 4.20. The lowest BCUT2D eigenvalue weighted by Crippen LogP contribution is -2.27. The maximum absolute atomic E-state index is 11.6. The van der Waals surface area contributed by atoms with Crippen molar-refractivity contribution in [1.29, 1.82) is 0 Å². The Kier molecular flexibility index (Phi) is 3.07. The van der Waals surface area contributed by atoms with Gasteiger partial charge in [0, 0.05) is 10.6 Å². The highest BCUT2D eigenvalue weighted by molar-refractivity contribution is 7.13. The molecule has 3 nitrogen and oxygen atoms in total. The molecule has 0 fully saturated rings. The molecule has 2 aliphatic rings. The van der Waals surface area contributed by atoms with Crippen LogP contribution in [-0.2, 0) is 4.74 Å². The fraction of sp³-hybridized carbons (Fsp3) is 0.308. The fourth-order valence-electron chi connectivity index (χ4n) is 1.49. The minimum atomic E-state index is -0.473. The van der Waals surface area contributed by atoms with Crippen LogP contribution in [0, 0.1) is 0 Å². The third-order valence-electron chi connectivity index (χ3n) is 2.08. The second-order valence-electron chi connectivity index (χ2n) is 4.80. The van der Waals surface area contributed by atoms with Crippen LogP contribution in [0.4, 0.5) is 10.5 Å². The molecule has 0 spiro atoms. The molecule has 4 heteroatoms. The molecule has 0 aromatic carbocycles. The van der Waals surface area contributed by atoms with Crippen LogP contribution < -0.4 is 5.32 Å². The quantitative estimate of drug-likeness (QED) is 0.822. The summed E-state index contributed by atoms with van der Waals surface area (Å²) in [6.45, 7) is 5.53. The third-order valence-corrected chi connectivity index (χ3v) is 2.98. The van der Waals surface area contributed by atoms with Gasteiger partial charge in [0.05, 0.1) is 0 Å². The van der Waals surface area contributed by atoms with Crippen molar-refractivity contribution in [3.63, 3.8) is 0 Å². The molecule has 0 saturated carbocycles. The van der Waals surface area contributed by atoms with Gasteiger partial charge in [0.15, 0.2) is 0 Å². The van der Waals surface area contributed by atoms with Gasteiger partial charge >= 0.3 is 6.09 Å². The third kappa shape index (κ3) is 3.20. The van der Waals surface area contributed by atoms with E-state index in [0.29, 0.717) is 0 Å². The summed E-state index contributed by atoms with van der Waals surface area (Å²) in [5.41, 5.74) is 1.43. The van der Waals surface area contributed by atoms with E-state index in [1.54, 1.807) is 11.3 Å². The molecule has 1 N–H and O–H groups in total. The highest BCUT2D eigenvalue weighted by Gasteiger charge is 2.17. The highest BCUT2D eigenvalue weighted by atomic mass is 32.1. The second-order valence-corrected chi connectivity index (χ2v) is 5.75. The summed E-state index contributed by atoms with van der Waals surface area (Å²) < 4.78 is 5.19. The lowest BCUT2D eigenvalue weighted by molar-refractivity contribution is 0.0636.